The van der Waals surface area contributed by atoms with E-state index in [-0.39, 0.29) is 6.10 Å². The van der Waals surface area contributed by atoms with Crippen molar-refractivity contribution in [3.63, 3.8) is 0 Å². The molecular weight excluding hydrogens is 210 g/mol. The van der Waals surface area contributed by atoms with E-state index in [0.717, 1.165) is 18.4 Å². The molecular formula is C15H19NO. The Morgan fingerprint density at radius 3 is 2.71 bits per heavy atom. The van der Waals surface area contributed by atoms with E-state index in [1.807, 2.05) is 0 Å². The lowest BCUT2D eigenvalue weighted by Crippen LogP contribution is -2.40. The molecule has 2 heteroatoms. The van der Waals surface area contributed by atoms with Crippen LogP contribution in [0.25, 0.3) is 0 Å². The van der Waals surface area contributed by atoms with E-state index in [9.17, 15) is 5.11 Å². The fraction of sp³-hybridized carbons (Fsp3) is 0.600. The minimum absolute atomic E-state index is 0.0533. The molecule has 1 aliphatic heterocycles. The standard InChI is InChI=1S/C15H19NO/c17-15-11-6-12-9-16(14(15)13(12)7-11)8-10-4-2-1-3-5-10/h1-5,11-15,17H,6-9H2. The molecule has 0 amide bonds. The van der Waals surface area contributed by atoms with E-state index in [0.29, 0.717) is 12.0 Å². The zero-order valence-electron chi connectivity index (χ0n) is 10.00. The summed E-state index contributed by atoms with van der Waals surface area (Å²) in [5.41, 5.74) is 1.38. The van der Waals surface area contributed by atoms with Crippen molar-refractivity contribution in [1.82, 2.24) is 4.90 Å². The van der Waals surface area contributed by atoms with Gasteiger partial charge in [-0.05, 0) is 36.2 Å². The van der Waals surface area contributed by atoms with E-state index in [4.69, 9.17) is 0 Å². The van der Waals surface area contributed by atoms with Crippen LogP contribution in [0.5, 0.6) is 0 Å². The molecule has 4 rings (SSSR count). The van der Waals surface area contributed by atoms with E-state index in [1.165, 1.54) is 24.9 Å². The molecule has 2 nitrogen and oxygen atoms in total. The molecule has 5 atom stereocenters. The van der Waals surface area contributed by atoms with Crippen LogP contribution in [-0.4, -0.2) is 28.7 Å². The van der Waals surface area contributed by atoms with Crippen LogP contribution in [0.4, 0.5) is 0 Å². The second-order valence-electron chi connectivity index (χ2n) is 6.05. The Labute approximate surface area is 102 Å². The molecule has 1 aromatic carbocycles. The number of benzene rings is 1. The van der Waals surface area contributed by atoms with Gasteiger partial charge in [-0.3, -0.25) is 4.90 Å². The Morgan fingerprint density at radius 2 is 1.94 bits per heavy atom. The average molecular weight is 229 g/mol. The first-order valence-corrected chi connectivity index (χ1v) is 6.79. The van der Waals surface area contributed by atoms with Crippen LogP contribution >= 0.6 is 0 Å². The first-order valence-electron chi connectivity index (χ1n) is 6.79. The van der Waals surface area contributed by atoms with Crippen molar-refractivity contribution in [2.45, 2.75) is 31.5 Å². The van der Waals surface area contributed by atoms with Crippen molar-refractivity contribution in [3.8, 4) is 0 Å². The second-order valence-corrected chi connectivity index (χ2v) is 6.05. The highest BCUT2D eigenvalue weighted by Gasteiger charge is 2.58. The Balaban J connectivity index is 1.57. The number of aliphatic hydroxyl groups is 1. The minimum atomic E-state index is -0.0533. The van der Waals surface area contributed by atoms with Gasteiger partial charge in [-0.15, -0.1) is 0 Å². The first-order chi connectivity index (χ1) is 8.33. The van der Waals surface area contributed by atoms with Crippen LogP contribution < -0.4 is 0 Å². The Morgan fingerprint density at radius 1 is 1.12 bits per heavy atom. The van der Waals surface area contributed by atoms with Gasteiger partial charge in [-0.2, -0.15) is 0 Å². The highest BCUT2D eigenvalue weighted by Crippen LogP contribution is 2.55. The fourth-order valence-corrected chi connectivity index (χ4v) is 4.54. The lowest BCUT2D eigenvalue weighted by Gasteiger charge is -2.28. The van der Waals surface area contributed by atoms with Crippen LogP contribution in [0, 0.1) is 17.8 Å². The molecule has 0 aromatic heterocycles. The maximum Gasteiger partial charge on any atom is 0.0726 e. The smallest absolute Gasteiger partial charge is 0.0726 e. The molecule has 2 saturated carbocycles. The summed E-state index contributed by atoms with van der Waals surface area (Å²) in [6.45, 7) is 2.22. The Kier molecular flexibility index (Phi) is 2.12. The summed E-state index contributed by atoms with van der Waals surface area (Å²) >= 11 is 0. The molecule has 3 fully saturated rings. The molecule has 2 aliphatic carbocycles. The van der Waals surface area contributed by atoms with E-state index in [2.05, 4.69) is 35.2 Å². The van der Waals surface area contributed by atoms with Crippen molar-refractivity contribution in [2.75, 3.05) is 6.54 Å². The van der Waals surface area contributed by atoms with E-state index in [1.54, 1.807) is 0 Å². The van der Waals surface area contributed by atoms with Crippen molar-refractivity contribution < 1.29 is 5.11 Å². The van der Waals surface area contributed by atoms with Gasteiger partial charge in [0.05, 0.1) is 6.10 Å². The largest absolute Gasteiger partial charge is 0.391 e. The van der Waals surface area contributed by atoms with Gasteiger partial charge in [0.25, 0.3) is 0 Å². The van der Waals surface area contributed by atoms with E-state index >= 15 is 0 Å². The Bertz CT molecular complexity index is 416. The van der Waals surface area contributed by atoms with Gasteiger partial charge in [0.15, 0.2) is 0 Å². The first kappa shape index (κ1) is 10.1. The van der Waals surface area contributed by atoms with Crippen LogP contribution in [0.3, 0.4) is 0 Å². The molecule has 1 aromatic rings. The molecule has 1 heterocycles. The minimum Gasteiger partial charge on any atom is -0.391 e. The van der Waals surface area contributed by atoms with Crippen LogP contribution in [-0.2, 0) is 6.54 Å². The van der Waals surface area contributed by atoms with Crippen LogP contribution in [0.1, 0.15) is 18.4 Å². The lowest BCUT2D eigenvalue weighted by atomic mass is 9.88. The summed E-state index contributed by atoms with van der Waals surface area (Å²) in [4.78, 5) is 2.53. The van der Waals surface area contributed by atoms with Gasteiger partial charge in [-0.25, -0.2) is 0 Å². The van der Waals surface area contributed by atoms with Gasteiger partial charge < -0.3 is 5.11 Å². The molecule has 1 N–H and O–H groups in total. The average Bonchev–Trinajstić information content (AvgIpc) is 2.92. The predicted octanol–water partition coefficient (Wildman–Crippen LogP) is 1.89. The van der Waals surface area contributed by atoms with Gasteiger partial charge in [-0.1, -0.05) is 30.3 Å². The third kappa shape index (κ3) is 1.40. The maximum absolute atomic E-state index is 10.3. The van der Waals surface area contributed by atoms with Crippen molar-refractivity contribution in [3.05, 3.63) is 35.9 Å². The highest BCUT2D eigenvalue weighted by atomic mass is 16.3. The molecule has 0 spiro atoms. The topological polar surface area (TPSA) is 23.5 Å². The normalized spacial score (nSPS) is 43.5. The fourth-order valence-electron chi connectivity index (χ4n) is 4.54. The molecule has 2 bridgehead atoms. The third-order valence-electron chi connectivity index (χ3n) is 5.18. The van der Waals surface area contributed by atoms with E-state index < -0.39 is 0 Å². The molecule has 3 aliphatic rings. The zero-order valence-corrected chi connectivity index (χ0v) is 10.00. The maximum atomic E-state index is 10.3. The second kappa shape index (κ2) is 3.56. The number of hydrogen-bond donors (Lipinski definition) is 1. The van der Waals surface area contributed by atoms with Crippen molar-refractivity contribution in [2.24, 2.45) is 17.8 Å². The molecule has 90 valence electrons. The number of rotatable bonds is 2. The summed E-state index contributed by atoms with van der Waals surface area (Å²) in [5.74, 6) is 2.27. The van der Waals surface area contributed by atoms with Gasteiger partial charge >= 0.3 is 0 Å². The molecule has 1 saturated heterocycles. The third-order valence-corrected chi connectivity index (χ3v) is 5.18. The lowest BCUT2D eigenvalue weighted by molar-refractivity contribution is 0.0484. The van der Waals surface area contributed by atoms with Crippen LogP contribution in [0.2, 0.25) is 0 Å². The summed E-state index contributed by atoms with van der Waals surface area (Å²) in [6, 6.07) is 11.1. The quantitative estimate of drug-likeness (QED) is 0.837. The molecule has 0 radical (unpaired) electrons. The summed E-state index contributed by atoms with van der Waals surface area (Å²) in [5, 5.41) is 10.3. The summed E-state index contributed by atoms with van der Waals surface area (Å²) < 4.78 is 0. The predicted molar refractivity (Wildman–Crippen MR) is 66.4 cm³/mol. The number of nitrogens with zero attached hydrogens (tertiary/aromatic N) is 1. The summed E-state index contributed by atoms with van der Waals surface area (Å²) in [6.07, 6.45) is 2.50. The van der Waals surface area contributed by atoms with Gasteiger partial charge in [0, 0.05) is 19.1 Å². The van der Waals surface area contributed by atoms with Crippen molar-refractivity contribution >= 4 is 0 Å². The van der Waals surface area contributed by atoms with Gasteiger partial charge in [0.1, 0.15) is 0 Å². The number of fused-ring (bicyclic) bond motifs is 1. The summed E-state index contributed by atoms with van der Waals surface area (Å²) in [7, 11) is 0. The zero-order chi connectivity index (χ0) is 11.4. The number of likely N-dealkylation sites (tertiary alicyclic amines) is 1. The SMILES string of the molecule is OC1C2CC3CN(Cc4ccccc4)C1C3C2. The van der Waals surface area contributed by atoms with Gasteiger partial charge in [0.2, 0.25) is 0 Å². The van der Waals surface area contributed by atoms with Crippen LogP contribution in [0.15, 0.2) is 30.3 Å². The molecule has 17 heavy (non-hydrogen) atoms. The molecule has 5 unspecified atom stereocenters. The number of aliphatic hydroxyl groups excluding tert-OH is 1. The van der Waals surface area contributed by atoms with Crippen molar-refractivity contribution in [1.29, 1.82) is 0 Å². The monoisotopic (exact) mass is 229 g/mol. The Hall–Kier alpha value is -0.860. The number of hydrogen-bond acceptors (Lipinski definition) is 2. The highest BCUT2D eigenvalue weighted by molar-refractivity contribution is 5.17.